The molecule has 1 aliphatic heterocycles. The maximum atomic E-state index is 10.4. The van der Waals surface area contributed by atoms with E-state index < -0.39 is 8.18 Å². The van der Waals surface area contributed by atoms with Crippen molar-refractivity contribution in [1.82, 2.24) is 9.99 Å². The fourth-order valence-electron chi connectivity index (χ4n) is 0.824. The Hall–Kier alpha value is -0.0200. The highest BCUT2D eigenvalue weighted by Gasteiger charge is 2.26. The Balaban J connectivity index is 2.31. The highest BCUT2D eigenvalue weighted by molar-refractivity contribution is 7.35. The summed E-state index contributed by atoms with van der Waals surface area (Å²) in [6, 6.07) is 0. The maximum absolute atomic E-state index is 10.4. The van der Waals surface area contributed by atoms with Crippen molar-refractivity contribution in [3.63, 3.8) is 0 Å². The maximum Gasteiger partial charge on any atom is 0.613 e. The molecule has 1 heterocycles. The molecule has 1 saturated heterocycles. The minimum atomic E-state index is -2.08. The van der Waals surface area contributed by atoms with Gasteiger partial charge in [-0.1, -0.05) is 4.67 Å². The zero-order valence-electron chi connectivity index (χ0n) is 5.08. The standard InChI is InChI=1S/C4H9N2O2P/c7-9(8)6-3-1-5-2-4-6/h5H,1-4H2/p+1. The summed E-state index contributed by atoms with van der Waals surface area (Å²) in [4.78, 5) is 8.58. The Morgan fingerprint density at radius 1 is 1.44 bits per heavy atom. The monoisotopic (exact) mass is 149 g/mol. The van der Waals surface area contributed by atoms with Crippen LogP contribution in [0.2, 0.25) is 0 Å². The molecule has 52 valence electrons. The fraction of sp³-hybridized carbons (Fsp3) is 1.00. The van der Waals surface area contributed by atoms with Crippen LogP contribution in [0.15, 0.2) is 0 Å². The van der Waals surface area contributed by atoms with Gasteiger partial charge in [0.25, 0.3) is 0 Å². The molecular weight excluding hydrogens is 139 g/mol. The summed E-state index contributed by atoms with van der Waals surface area (Å²) in [7, 11) is -2.08. The van der Waals surface area contributed by atoms with Crippen LogP contribution in [-0.4, -0.2) is 35.7 Å². The summed E-state index contributed by atoms with van der Waals surface area (Å²) in [5, 5.41) is 3.09. The minimum Gasteiger partial charge on any atom is -0.314 e. The first-order valence-electron chi connectivity index (χ1n) is 2.92. The van der Waals surface area contributed by atoms with Gasteiger partial charge in [0.1, 0.15) is 0 Å². The molecule has 1 atom stereocenters. The third-order valence-electron chi connectivity index (χ3n) is 1.34. The van der Waals surface area contributed by atoms with Crippen LogP contribution in [0.1, 0.15) is 0 Å². The number of piperazine rings is 1. The van der Waals surface area contributed by atoms with Crippen LogP contribution < -0.4 is 5.32 Å². The summed E-state index contributed by atoms with van der Waals surface area (Å²) in [5.74, 6) is 0. The predicted molar refractivity (Wildman–Crippen MR) is 34.3 cm³/mol. The lowest BCUT2D eigenvalue weighted by molar-refractivity contribution is 0.331. The molecule has 5 heteroatoms. The van der Waals surface area contributed by atoms with Crippen molar-refractivity contribution in [2.45, 2.75) is 0 Å². The van der Waals surface area contributed by atoms with Crippen LogP contribution in [-0.2, 0) is 4.57 Å². The Morgan fingerprint density at radius 2 is 2.00 bits per heavy atom. The zero-order valence-corrected chi connectivity index (χ0v) is 5.97. The highest BCUT2D eigenvalue weighted by Crippen LogP contribution is 2.20. The first-order valence-corrected chi connectivity index (χ1v) is 4.09. The van der Waals surface area contributed by atoms with E-state index in [9.17, 15) is 4.57 Å². The van der Waals surface area contributed by atoms with Crippen molar-refractivity contribution in [2.75, 3.05) is 26.2 Å². The number of nitrogens with one attached hydrogen (secondary N) is 1. The Morgan fingerprint density at radius 3 is 2.33 bits per heavy atom. The zero-order chi connectivity index (χ0) is 6.69. The van der Waals surface area contributed by atoms with Crippen molar-refractivity contribution in [2.24, 2.45) is 0 Å². The van der Waals surface area contributed by atoms with Crippen molar-refractivity contribution in [3.05, 3.63) is 0 Å². The van der Waals surface area contributed by atoms with E-state index in [-0.39, 0.29) is 0 Å². The summed E-state index contributed by atoms with van der Waals surface area (Å²) in [6.45, 7) is 3.01. The molecule has 0 aliphatic carbocycles. The molecule has 0 amide bonds. The van der Waals surface area contributed by atoms with Crippen LogP contribution in [0.3, 0.4) is 0 Å². The third-order valence-corrected chi connectivity index (χ3v) is 2.22. The smallest absolute Gasteiger partial charge is 0.314 e. The summed E-state index contributed by atoms with van der Waals surface area (Å²) < 4.78 is 12.0. The van der Waals surface area contributed by atoms with Gasteiger partial charge in [-0.25, -0.2) is 0 Å². The molecule has 0 aromatic rings. The fourth-order valence-corrected chi connectivity index (χ4v) is 1.37. The second-order valence-corrected chi connectivity index (χ2v) is 3.03. The number of hydrogen-bond donors (Lipinski definition) is 2. The van der Waals surface area contributed by atoms with Gasteiger partial charge in [0.15, 0.2) is 0 Å². The second kappa shape index (κ2) is 3.22. The number of rotatable bonds is 1. The summed E-state index contributed by atoms with van der Waals surface area (Å²) in [5.41, 5.74) is 0. The summed E-state index contributed by atoms with van der Waals surface area (Å²) >= 11 is 0. The molecule has 9 heavy (non-hydrogen) atoms. The van der Waals surface area contributed by atoms with Gasteiger partial charge < -0.3 is 5.32 Å². The molecule has 1 aliphatic rings. The predicted octanol–water partition coefficient (Wildman–Crippen LogP) is -0.459. The van der Waals surface area contributed by atoms with Crippen molar-refractivity contribution >= 4 is 8.18 Å². The van der Waals surface area contributed by atoms with Gasteiger partial charge in [-0.05, 0) is 4.57 Å². The van der Waals surface area contributed by atoms with Crippen LogP contribution in [0.5, 0.6) is 0 Å². The third kappa shape index (κ3) is 1.99. The second-order valence-electron chi connectivity index (χ2n) is 1.96. The van der Waals surface area contributed by atoms with Gasteiger partial charge in [-0.2, -0.15) is 0 Å². The van der Waals surface area contributed by atoms with Crippen molar-refractivity contribution in [1.29, 1.82) is 0 Å². The normalized spacial score (nSPS) is 23.9. The number of hydrogen-bond acceptors (Lipinski definition) is 2. The van der Waals surface area contributed by atoms with Gasteiger partial charge in [0.2, 0.25) is 0 Å². The van der Waals surface area contributed by atoms with Gasteiger partial charge in [0, 0.05) is 13.1 Å². The molecule has 0 saturated carbocycles. The lowest BCUT2D eigenvalue weighted by Gasteiger charge is -2.14. The molecule has 0 aromatic heterocycles. The largest absolute Gasteiger partial charge is 0.613 e. The van der Waals surface area contributed by atoms with E-state index in [0.29, 0.717) is 13.1 Å². The van der Waals surface area contributed by atoms with Crippen LogP contribution >= 0.6 is 8.18 Å². The first-order chi connectivity index (χ1) is 4.30. The lowest BCUT2D eigenvalue weighted by atomic mass is 10.4. The van der Waals surface area contributed by atoms with Crippen molar-refractivity contribution in [3.8, 4) is 0 Å². The molecule has 2 N–H and O–H groups in total. The average Bonchev–Trinajstić information content (AvgIpc) is 1.90. The average molecular weight is 149 g/mol. The number of nitrogens with zero attached hydrogens (tertiary/aromatic N) is 1. The summed E-state index contributed by atoms with van der Waals surface area (Å²) in [6.07, 6.45) is 0. The van der Waals surface area contributed by atoms with E-state index >= 15 is 0 Å². The van der Waals surface area contributed by atoms with Gasteiger partial charge >= 0.3 is 8.18 Å². The van der Waals surface area contributed by atoms with Crippen LogP contribution in [0, 0.1) is 0 Å². The van der Waals surface area contributed by atoms with E-state index in [1.54, 1.807) is 4.67 Å². The Bertz CT molecular complexity index is 113. The Labute approximate surface area is 54.8 Å². The quantitative estimate of drug-likeness (QED) is 0.495. The van der Waals surface area contributed by atoms with Crippen LogP contribution in [0.4, 0.5) is 0 Å². The molecule has 1 unspecified atom stereocenters. The minimum absolute atomic E-state index is 0.686. The van der Waals surface area contributed by atoms with E-state index in [1.807, 2.05) is 0 Å². The molecular formula is C4H10N2O2P+. The lowest BCUT2D eigenvalue weighted by Crippen LogP contribution is -2.39. The molecule has 0 aromatic carbocycles. The molecule has 0 bridgehead atoms. The SMILES string of the molecule is O=[P+](O)N1CCNCC1. The van der Waals surface area contributed by atoms with Gasteiger partial charge in [-0.15, -0.1) is 4.89 Å². The van der Waals surface area contributed by atoms with Crippen molar-refractivity contribution < 1.29 is 9.46 Å². The molecule has 4 nitrogen and oxygen atoms in total. The van der Waals surface area contributed by atoms with E-state index in [2.05, 4.69) is 5.32 Å². The highest BCUT2D eigenvalue weighted by atomic mass is 31.1. The van der Waals surface area contributed by atoms with Gasteiger partial charge in [0.05, 0.1) is 13.1 Å². The first kappa shape index (κ1) is 7.09. The molecule has 0 radical (unpaired) electrons. The van der Waals surface area contributed by atoms with Gasteiger partial charge in [-0.3, -0.25) is 0 Å². The van der Waals surface area contributed by atoms with E-state index in [0.717, 1.165) is 13.1 Å². The van der Waals surface area contributed by atoms with E-state index in [4.69, 9.17) is 4.89 Å². The van der Waals surface area contributed by atoms with Crippen LogP contribution in [0.25, 0.3) is 0 Å². The molecule has 1 rings (SSSR count). The topological polar surface area (TPSA) is 52.6 Å². The molecule has 1 fully saturated rings. The molecule has 0 spiro atoms. The Kier molecular flexibility index (Phi) is 2.54. The van der Waals surface area contributed by atoms with E-state index in [1.165, 1.54) is 0 Å².